The Hall–Kier alpha value is -2.59. The van der Waals surface area contributed by atoms with Gasteiger partial charge in [-0.05, 0) is 62.8 Å². The predicted octanol–water partition coefficient (Wildman–Crippen LogP) is 7.85. The Kier molecular flexibility index (Phi) is 6.90. The summed E-state index contributed by atoms with van der Waals surface area (Å²) in [5, 5.41) is 5.69. The zero-order valence-electron chi connectivity index (χ0n) is 21.2. The smallest absolute Gasteiger partial charge is 0.186 e. The summed E-state index contributed by atoms with van der Waals surface area (Å²) in [5.41, 5.74) is 0.214. The van der Waals surface area contributed by atoms with Crippen LogP contribution in [0.25, 0.3) is 21.5 Å². The molecule has 2 aliphatic rings. The van der Waals surface area contributed by atoms with Crippen LogP contribution in [-0.2, 0) is 17.0 Å². The maximum atomic E-state index is 15.0. The van der Waals surface area contributed by atoms with E-state index in [1.165, 1.54) is 31.3 Å². The van der Waals surface area contributed by atoms with E-state index in [1.807, 2.05) is 0 Å². The van der Waals surface area contributed by atoms with Gasteiger partial charge in [0.15, 0.2) is 22.4 Å². The average Bonchev–Trinajstić information content (AvgIpc) is 3.63. The van der Waals surface area contributed by atoms with Crippen molar-refractivity contribution in [2.45, 2.75) is 45.1 Å². The molecule has 0 bridgehead atoms. The van der Waals surface area contributed by atoms with E-state index in [0.29, 0.717) is 60.8 Å². The maximum absolute atomic E-state index is 15.0. The van der Waals surface area contributed by atoms with Gasteiger partial charge in [0, 0.05) is 24.2 Å². The van der Waals surface area contributed by atoms with Gasteiger partial charge in [0.25, 0.3) is 0 Å². The second-order valence-corrected chi connectivity index (χ2v) is 12.5. The molecule has 1 unspecified atom stereocenters. The molecule has 1 saturated heterocycles. The van der Waals surface area contributed by atoms with Crippen molar-refractivity contribution in [2.75, 3.05) is 18.0 Å². The van der Waals surface area contributed by atoms with Crippen LogP contribution in [0.5, 0.6) is 0 Å². The van der Waals surface area contributed by atoms with Crippen molar-refractivity contribution >= 4 is 56.2 Å². The van der Waals surface area contributed by atoms with Gasteiger partial charge in [-0.15, -0.1) is 0 Å². The number of fused-ring (bicyclic) bond motifs is 2. The number of benzene rings is 2. The molecule has 3 atom stereocenters. The third-order valence-electron chi connectivity index (χ3n) is 7.56. The molecule has 4 aromatic rings. The van der Waals surface area contributed by atoms with Crippen molar-refractivity contribution in [3.63, 3.8) is 0 Å². The van der Waals surface area contributed by atoms with Crippen molar-refractivity contribution in [2.24, 2.45) is 11.8 Å². The topological polar surface area (TPSA) is 68.5 Å². The van der Waals surface area contributed by atoms with Crippen molar-refractivity contribution in [3.05, 3.63) is 63.1 Å². The van der Waals surface area contributed by atoms with Gasteiger partial charge in [-0.1, -0.05) is 45.8 Å². The summed E-state index contributed by atoms with van der Waals surface area (Å²) in [6.07, 6.45) is 2.32. The number of thiazole rings is 1. The average molecular weight is 592 g/mol. The first-order valence-electron chi connectivity index (χ1n) is 12.7. The van der Waals surface area contributed by atoms with Crippen LogP contribution in [0.4, 0.5) is 13.9 Å². The first-order chi connectivity index (χ1) is 18.6. The molecule has 6 rings (SSSR count). The number of ether oxygens (including phenoxy) is 1. The number of hydrogen-bond donors (Lipinski definition) is 0. The molecule has 1 aliphatic heterocycles. The monoisotopic (exact) mass is 591 g/mol. The van der Waals surface area contributed by atoms with Gasteiger partial charge >= 0.3 is 0 Å². The second kappa shape index (κ2) is 10.1. The van der Waals surface area contributed by atoms with Gasteiger partial charge in [-0.3, -0.25) is 4.79 Å². The number of aldehydes is 1. The van der Waals surface area contributed by atoms with Crippen LogP contribution in [0, 0.1) is 17.7 Å². The highest BCUT2D eigenvalue weighted by molar-refractivity contribution is 7.22. The first-order valence-corrected chi connectivity index (χ1v) is 14.2. The number of halogens is 4. The number of carbonyl (C=O) groups is 1. The van der Waals surface area contributed by atoms with Crippen molar-refractivity contribution in [1.29, 1.82) is 0 Å². The Morgan fingerprint density at radius 2 is 1.90 bits per heavy atom. The molecule has 2 aromatic heterocycles. The van der Waals surface area contributed by atoms with Gasteiger partial charge in [0.05, 0.1) is 33.0 Å². The molecular weight excluding hydrogens is 567 g/mol. The van der Waals surface area contributed by atoms with Crippen LogP contribution in [0.1, 0.15) is 48.4 Å². The predicted molar refractivity (Wildman–Crippen MR) is 148 cm³/mol. The summed E-state index contributed by atoms with van der Waals surface area (Å²) in [7, 11) is 0. The standard InChI is InChI=1S/C28H25Cl2F2N3O3S/c1-28(2,32)26-18(24(34-38-26)23-19(29)4-3-5-20(23)30)13-37-17-8-15-10-35(11-16(15)9-17)27-33-25-21(31)6-14(12-36)7-22(25)39-27/h3-7,12,15-17H,8-11,13H2,1-2H3/t15-,16+,17?. The minimum atomic E-state index is -1.77. The molecular formula is C28H25Cl2F2N3O3S. The molecule has 39 heavy (non-hydrogen) atoms. The summed E-state index contributed by atoms with van der Waals surface area (Å²) in [6, 6.07) is 8.03. The zero-order valence-corrected chi connectivity index (χ0v) is 23.5. The third kappa shape index (κ3) is 4.94. The fourth-order valence-corrected chi connectivity index (χ4v) is 7.39. The molecule has 204 valence electrons. The lowest BCUT2D eigenvalue weighted by molar-refractivity contribution is 0.0379. The molecule has 0 radical (unpaired) electrons. The Morgan fingerprint density at radius 3 is 2.54 bits per heavy atom. The summed E-state index contributed by atoms with van der Waals surface area (Å²) >= 11 is 14.2. The van der Waals surface area contributed by atoms with Crippen LogP contribution in [0.2, 0.25) is 10.0 Å². The normalized spacial score (nSPS) is 21.2. The molecule has 3 heterocycles. The number of aromatic nitrogens is 2. The molecule has 0 amide bonds. The van der Waals surface area contributed by atoms with Crippen LogP contribution in [0.15, 0.2) is 34.9 Å². The SMILES string of the molecule is CC(C)(F)c1onc(-c2c(Cl)cccc2Cl)c1COC1C[C@@H]2CN(c3nc4c(F)cc(C=O)cc4s3)C[C@@H]2C1. The van der Waals surface area contributed by atoms with Gasteiger partial charge in [-0.25, -0.2) is 13.8 Å². The summed E-state index contributed by atoms with van der Waals surface area (Å²) in [5.74, 6) is 0.412. The van der Waals surface area contributed by atoms with Gasteiger partial charge in [-0.2, -0.15) is 0 Å². The van der Waals surface area contributed by atoms with E-state index in [4.69, 9.17) is 32.5 Å². The Morgan fingerprint density at radius 1 is 1.21 bits per heavy atom. The zero-order chi connectivity index (χ0) is 27.5. The molecule has 0 N–H and O–H groups in total. The number of hydrogen-bond acceptors (Lipinski definition) is 7. The summed E-state index contributed by atoms with van der Waals surface area (Å²) in [6.45, 7) is 4.54. The van der Waals surface area contributed by atoms with E-state index in [-0.39, 0.29) is 18.5 Å². The van der Waals surface area contributed by atoms with E-state index < -0.39 is 11.5 Å². The van der Waals surface area contributed by atoms with Crippen LogP contribution >= 0.6 is 34.5 Å². The number of nitrogens with zero attached hydrogens (tertiary/aromatic N) is 3. The van der Waals surface area contributed by atoms with E-state index in [9.17, 15) is 9.18 Å². The molecule has 11 heteroatoms. The minimum Gasteiger partial charge on any atom is -0.373 e. The molecule has 1 aliphatic carbocycles. The molecule has 1 saturated carbocycles. The molecule has 6 nitrogen and oxygen atoms in total. The number of alkyl halides is 1. The van der Waals surface area contributed by atoms with Crippen molar-refractivity contribution in [1.82, 2.24) is 10.1 Å². The van der Waals surface area contributed by atoms with E-state index >= 15 is 4.39 Å². The molecule has 2 fully saturated rings. The number of rotatable bonds is 7. The second-order valence-electron chi connectivity index (χ2n) is 10.7. The lowest BCUT2D eigenvalue weighted by atomic mass is 9.99. The summed E-state index contributed by atoms with van der Waals surface area (Å²) in [4.78, 5) is 17.8. The Balaban J connectivity index is 1.16. The fraction of sp³-hybridized carbons (Fsp3) is 0.393. The van der Waals surface area contributed by atoms with E-state index in [0.717, 1.165) is 31.1 Å². The van der Waals surface area contributed by atoms with Gasteiger partial charge in [0.2, 0.25) is 0 Å². The van der Waals surface area contributed by atoms with E-state index in [2.05, 4.69) is 15.0 Å². The van der Waals surface area contributed by atoms with Gasteiger partial charge in [0.1, 0.15) is 17.5 Å². The maximum Gasteiger partial charge on any atom is 0.186 e. The Bertz CT molecular complexity index is 1530. The minimum absolute atomic E-state index is 0.00912. The van der Waals surface area contributed by atoms with E-state index in [1.54, 1.807) is 24.3 Å². The largest absolute Gasteiger partial charge is 0.373 e. The first kappa shape index (κ1) is 26.6. The molecule has 0 spiro atoms. The van der Waals surface area contributed by atoms with Crippen LogP contribution < -0.4 is 4.90 Å². The quantitative estimate of drug-likeness (QED) is 0.204. The highest BCUT2D eigenvalue weighted by Crippen LogP contribution is 2.45. The van der Waals surface area contributed by atoms with Crippen molar-refractivity contribution in [3.8, 4) is 11.3 Å². The third-order valence-corrected chi connectivity index (χ3v) is 9.26. The van der Waals surface area contributed by atoms with Crippen LogP contribution in [0.3, 0.4) is 0 Å². The lowest BCUT2D eigenvalue weighted by Crippen LogP contribution is -2.23. The fourth-order valence-electron chi connectivity index (χ4n) is 5.77. The van der Waals surface area contributed by atoms with Crippen LogP contribution in [-0.4, -0.2) is 35.6 Å². The number of anilines is 1. The highest BCUT2D eigenvalue weighted by Gasteiger charge is 2.43. The lowest BCUT2D eigenvalue weighted by Gasteiger charge is -2.19. The highest BCUT2D eigenvalue weighted by atomic mass is 35.5. The van der Waals surface area contributed by atoms with Gasteiger partial charge < -0.3 is 14.2 Å². The number of carbonyl (C=O) groups excluding carboxylic acids is 1. The Labute approximate surface area is 237 Å². The molecule has 2 aromatic carbocycles. The summed E-state index contributed by atoms with van der Waals surface area (Å²) < 4.78 is 41.9. The van der Waals surface area contributed by atoms with Crippen molar-refractivity contribution < 1.29 is 22.8 Å².